The highest BCUT2D eigenvalue weighted by Gasteiger charge is 2.13. The predicted octanol–water partition coefficient (Wildman–Crippen LogP) is 3.99. The van der Waals surface area contributed by atoms with E-state index in [1.54, 1.807) is 24.3 Å². The molecule has 0 radical (unpaired) electrons. The molecule has 2 rings (SSSR count). The first kappa shape index (κ1) is 14.9. The fourth-order valence-corrected chi connectivity index (χ4v) is 2.10. The van der Waals surface area contributed by atoms with Crippen LogP contribution in [0.4, 0.5) is 16.2 Å². The van der Waals surface area contributed by atoms with Gasteiger partial charge in [-0.25, -0.2) is 9.59 Å². The summed E-state index contributed by atoms with van der Waals surface area (Å²) in [7, 11) is 0. The maximum Gasteiger partial charge on any atom is 0.337 e. The van der Waals surface area contributed by atoms with Crippen LogP contribution in [-0.4, -0.2) is 17.1 Å². The van der Waals surface area contributed by atoms with Gasteiger partial charge in [0.05, 0.1) is 22.0 Å². The van der Waals surface area contributed by atoms with E-state index in [0.717, 1.165) is 5.56 Å². The molecule has 2 aromatic carbocycles. The first-order chi connectivity index (χ1) is 9.99. The predicted molar refractivity (Wildman–Crippen MR) is 82.2 cm³/mol. The van der Waals surface area contributed by atoms with E-state index in [-0.39, 0.29) is 11.3 Å². The summed E-state index contributed by atoms with van der Waals surface area (Å²) in [4.78, 5) is 23.1. The van der Waals surface area contributed by atoms with Crippen molar-refractivity contribution in [1.82, 2.24) is 0 Å². The minimum atomic E-state index is -1.11. The number of hydrogen-bond donors (Lipinski definition) is 3. The molecule has 0 unspecified atom stereocenters. The van der Waals surface area contributed by atoms with Gasteiger partial charge in [0, 0.05) is 0 Å². The summed E-state index contributed by atoms with van der Waals surface area (Å²) in [6.45, 7) is 1.81. The molecule has 108 valence electrons. The number of nitrogens with one attached hydrogen (secondary N) is 2. The number of urea groups is 1. The van der Waals surface area contributed by atoms with Crippen LogP contribution in [0.15, 0.2) is 42.5 Å². The molecule has 6 heteroatoms. The molecule has 3 N–H and O–H groups in total. The van der Waals surface area contributed by atoms with Gasteiger partial charge in [0.1, 0.15) is 0 Å². The first-order valence-electron chi connectivity index (χ1n) is 6.14. The molecule has 0 saturated heterocycles. The lowest BCUT2D eigenvalue weighted by atomic mass is 10.2. The second-order valence-corrected chi connectivity index (χ2v) is 4.77. The molecular formula is C15H13ClN2O3. The number of carboxylic acids is 1. The number of halogens is 1. The van der Waals surface area contributed by atoms with E-state index in [0.29, 0.717) is 10.7 Å². The zero-order chi connectivity index (χ0) is 15.4. The highest BCUT2D eigenvalue weighted by Crippen LogP contribution is 2.25. The number of aryl methyl sites for hydroxylation is 1. The zero-order valence-electron chi connectivity index (χ0n) is 11.2. The van der Waals surface area contributed by atoms with E-state index < -0.39 is 12.0 Å². The first-order valence-corrected chi connectivity index (χ1v) is 6.52. The molecule has 0 aromatic heterocycles. The Morgan fingerprint density at radius 2 is 1.76 bits per heavy atom. The molecule has 2 aromatic rings. The van der Waals surface area contributed by atoms with Gasteiger partial charge in [-0.05, 0) is 30.7 Å². The Morgan fingerprint density at radius 1 is 1.05 bits per heavy atom. The van der Waals surface area contributed by atoms with Crippen molar-refractivity contribution in [2.45, 2.75) is 6.92 Å². The summed E-state index contributed by atoms with van der Waals surface area (Å²) in [5.41, 5.74) is 1.53. The van der Waals surface area contributed by atoms with Gasteiger partial charge in [-0.1, -0.05) is 35.9 Å². The summed E-state index contributed by atoms with van der Waals surface area (Å²) in [5.74, 6) is -1.11. The Kier molecular flexibility index (Phi) is 4.45. The van der Waals surface area contributed by atoms with Crippen LogP contribution >= 0.6 is 11.6 Å². The minimum Gasteiger partial charge on any atom is -0.478 e. The SMILES string of the molecule is Cc1cccc(Cl)c1NC(=O)Nc1ccccc1C(=O)O. The Hall–Kier alpha value is -2.53. The standard InChI is InChI=1S/C15H13ClN2O3/c1-9-5-4-7-11(16)13(9)18-15(21)17-12-8-3-2-6-10(12)14(19)20/h2-8H,1H3,(H,19,20)(H2,17,18,21). The summed E-state index contributed by atoms with van der Waals surface area (Å²) in [5, 5.41) is 14.6. The zero-order valence-corrected chi connectivity index (χ0v) is 11.9. The van der Waals surface area contributed by atoms with Crippen LogP contribution in [0.3, 0.4) is 0 Å². The molecule has 0 atom stereocenters. The highest BCUT2D eigenvalue weighted by atomic mass is 35.5. The van der Waals surface area contributed by atoms with Gasteiger partial charge in [-0.2, -0.15) is 0 Å². The average molecular weight is 305 g/mol. The van der Waals surface area contributed by atoms with E-state index in [4.69, 9.17) is 16.7 Å². The Balaban J connectivity index is 2.18. The van der Waals surface area contributed by atoms with Crippen LogP contribution < -0.4 is 10.6 Å². The molecule has 5 nitrogen and oxygen atoms in total. The van der Waals surface area contributed by atoms with Gasteiger partial charge in [-0.3, -0.25) is 0 Å². The van der Waals surface area contributed by atoms with Crippen molar-refractivity contribution >= 4 is 35.0 Å². The molecule has 21 heavy (non-hydrogen) atoms. The second-order valence-electron chi connectivity index (χ2n) is 4.36. The molecule has 0 bridgehead atoms. The summed E-state index contributed by atoms with van der Waals surface area (Å²) < 4.78 is 0. The lowest BCUT2D eigenvalue weighted by Gasteiger charge is -2.12. The van der Waals surface area contributed by atoms with Crippen LogP contribution in [0.5, 0.6) is 0 Å². The minimum absolute atomic E-state index is 0.0172. The molecule has 0 aliphatic carbocycles. The number of hydrogen-bond acceptors (Lipinski definition) is 2. The maximum atomic E-state index is 12.0. The largest absolute Gasteiger partial charge is 0.478 e. The van der Waals surface area contributed by atoms with Crippen molar-refractivity contribution < 1.29 is 14.7 Å². The third-order valence-electron chi connectivity index (χ3n) is 2.87. The van der Waals surface area contributed by atoms with Gasteiger partial charge in [0.15, 0.2) is 0 Å². The van der Waals surface area contributed by atoms with Crippen molar-refractivity contribution in [2.24, 2.45) is 0 Å². The second kappa shape index (κ2) is 6.28. The number of benzene rings is 2. The van der Waals surface area contributed by atoms with Gasteiger partial charge < -0.3 is 15.7 Å². The summed E-state index contributed by atoms with van der Waals surface area (Å²) in [6.07, 6.45) is 0. The summed E-state index contributed by atoms with van der Waals surface area (Å²) in [6, 6.07) is 10.9. The third kappa shape index (κ3) is 3.52. The van der Waals surface area contributed by atoms with Gasteiger partial charge in [0.25, 0.3) is 0 Å². The van der Waals surface area contributed by atoms with Crippen molar-refractivity contribution in [3.8, 4) is 0 Å². The summed E-state index contributed by atoms with van der Waals surface area (Å²) >= 11 is 6.02. The molecule has 0 saturated carbocycles. The highest BCUT2D eigenvalue weighted by molar-refractivity contribution is 6.34. The lowest BCUT2D eigenvalue weighted by Crippen LogP contribution is -2.21. The Labute approximate surface area is 126 Å². The number of carbonyl (C=O) groups is 2. The molecule has 0 spiro atoms. The van der Waals surface area contributed by atoms with Crippen molar-refractivity contribution in [3.63, 3.8) is 0 Å². The van der Waals surface area contributed by atoms with Crippen LogP contribution in [0.25, 0.3) is 0 Å². The molecular weight excluding hydrogens is 292 g/mol. The van der Waals surface area contributed by atoms with E-state index in [2.05, 4.69) is 10.6 Å². The lowest BCUT2D eigenvalue weighted by molar-refractivity contribution is 0.0698. The number of para-hydroxylation sites is 2. The number of carboxylic acid groups (broad SMARTS) is 1. The van der Waals surface area contributed by atoms with Crippen molar-refractivity contribution in [2.75, 3.05) is 10.6 Å². The normalized spacial score (nSPS) is 10.0. The molecule has 0 fully saturated rings. The number of rotatable bonds is 3. The number of aromatic carboxylic acids is 1. The number of anilines is 2. The van der Waals surface area contributed by atoms with E-state index >= 15 is 0 Å². The Morgan fingerprint density at radius 3 is 2.43 bits per heavy atom. The molecule has 0 aliphatic rings. The van der Waals surface area contributed by atoms with E-state index in [9.17, 15) is 9.59 Å². The fourth-order valence-electron chi connectivity index (χ4n) is 1.84. The molecule has 2 amide bonds. The monoisotopic (exact) mass is 304 g/mol. The topological polar surface area (TPSA) is 78.4 Å². The quantitative estimate of drug-likeness (QED) is 0.802. The third-order valence-corrected chi connectivity index (χ3v) is 3.18. The van der Waals surface area contributed by atoms with Gasteiger partial charge in [0.2, 0.25) is 0 Å². The van der Waals surface area contributed by atoms with Crippen LogP contribution in [0, 0.1) is 6.92 Å². The van der Waals surface area contributed by atoms with Crippen molar-refractivity contribution in [1.29, 1.82) is 0 Å². The fraction of sp³-hybridized carbons (Fsp3) is 0.0667. The van der Waals surface area contributed by atoms with E-state index in [1.165, 1.54) is 12.1 Å². The van der Waals surface area contributed by atoms with Gasteiger partial charge >= 0.3 is 12.0 Å². The van der Waals surface area contributed by atoms with Crippen LogP contribution in [-0.2, 0) is 0 Å². The average Bonchev–Trinajstić information content (AvgIpc) is 2.43. The van der Waals surface area contributed by atoms with Crippen LogP contribution in [0.2, 0.25) is 5.02 Å². The smallest absolute Gasteiger partial charge is 0.337 e. The molecule has 0 heterocycles. The van der Waals surface area contributed by atoms with Crippen molar-refractivity contribution in [3.05, 3.63) is 58.6 Å². The van der Waals surface area contributed by atoms with E-state index in [1.807, 2.05) is 13.0 Å². The van der Waals surface area contributed by atoms with Gasteiger partial charge in [-0.15, -0.1) is 0 Å². The Bertz CT molecular complexity index is 681. The number of amides is 2. The number of carbonyl (C=O) groups excluding carboxylic acids is 1. The maximum absolute atomic E-state index is 12.0. The molecule has 0 aliphatic heterocycles. The van der Waals surface area contributed by atoms with Crippen LogP contribution in [0.1, 0.15) is 15.9 Å².